The number of methoxy groups -OCH3 is 1. The zero-order chi connectivity index (χ0) is 12.0. The van der Waals surface area contributed by atoms with Crippen LogP contribution in [0.1, 0.15) is 11.3 Å². The van der Waals surface area contributed by atoms with Crippen LogP contribution in [0.2, 0.25) is 0 Å². The molecule has 1 heterocycles. The maximum Gasteiger partial charge on any atom is 0.169 e. The Bertz CT molecular complexity index is 338. The molecule has 0 spiro atoms. The molecule has 0 atom stereocenters. The summed E-state index contributed by atoms with van der Waals surface area (Å²) in [4.78, 5) is 1.98. The van der Waals surface area contributed by atoms with E-state index < -0.39 is 0 Å². The molecule has 0 aromatic carbocycles. The summed E-state index contributed by atoms with van der Waals surface area (Å²) in [6.07, 6.45) is 1.69. The number of furan rings is 1. The highest BCUT2D eigenvalue weighted by Gasteiger charge is 2.07. The molecular weight excluding hydrogens is 224 g/mol. The molecular formula is C11H18N2O2S. The number of aryl methyl sites for hydroxylation is 1. The molecule has 0 amide bonds. The number of ether oxygens (including phenoxy) is 1. The van der Waals surface area contributed by atoms with Gasteiger partial charge in [0.1, 0.15) is 5.76 Å². The van der Waals surface area contributed by atoms with Crippen LogP contribution >= 0.6 is 12.2 Å². The molecule has 90 valence electrons. The lowest BCUT2D eigenvalue weighted by Gasteiger charge is -2.20. The highest BCUT2D eigenvalue weighted by Crippen LogP contribution is 2.10. The van der Waals surface area contributed by atoms with Crippen molar-refractivity contribution in [3.05, 3.63) is 23.7 Å². The Labute approximate surface area is 102 Å². The first kappa shape index (κ1) is 13.0. The van der Waals surface area contributed by atoms with E-state index in [2.05, 4.69) is 5.32 Å². The van der Waals surface area contributed by atoms with Crippen molar-refractivity contribution >= 4 is 17.3 Å². The molecule has 1 rings (SSSR count). The first-order valence-electron chi connectivity index (χ1n) is 5.16. The van der Waals surface area contributed by atoms with Crippen molar-refractivity contribution in [1.29, 1.82) is 0 Å². The maximum atomic E-state index is 5.24. The second-order valence-electron chi connectivity index (χ2n) is 3.58. The maximum absolute atomic E-state index is 5.24. The average Bonchev–Trinajstić information content (AvgIpc) is 2.64. The van der Waals surface area contributed by atoms with Gasteiger partial charge in [-0.25, -0.2) is 0 Å². The monoisotopic (exact) mass is 242 g/mol. The third kappa shape index (κ3) is 3.83. The zero-order valence-corrected chi connectivity index (χ0v) is 10.8. The number of nitrogens with one attached hydrogen (secondary N) is 1. The molecule has 0 bridgehead atoms. The topological polar surface area (TPSA) is 37.6 Å². The minimum Gasteiger partial charge on any atom is -0.469 e. The van der Waals surface area contributed by atoms with E-state index in [4.69, 9.17) is 21.4 Å². The predicted octanol–water partition coefficient (Wildman–Crippen LogP) is 1.54. The second-order valence-corrected chi connectivity index (χ2v) is 3.97. The van der Waals surface area contributed by atoms with Crippen molar-refractivity contribution in [2.24, 2.45) is 0 Å². The molecule has 0 saturated heterocycles. The molecule has 0 aliphatic heterocycles. The highest BCUT2D eigenvalue weighted by atomic mass is 32.1. The van der Waals surface area contributed by atoms with Gasteiger partial charge in [-0.05, 0) is 25.2 Å². The smallest absolute Gasteiger partial charge is 0.169 e. The van der Waals surface area contributed by atoms with Crippen LogP contribution in [0.3, 0.4) is 0 Å². The standard InChI is InChI=1S/C11H18N2O2S/c1-9-10(4-6-15-9)8-13(2)11(16)12-5-7-14-3/h4,6H,5,7-8H2,1-3H3,(H,12,16). The van der Waals surface area contributed by atoms with E-state index in [9.17, 15) is 0 Å². The van der Waals surface area contributed by atoms with Gasteiger partial charge in [0.2, 0.25) is 0 Å². The van der Waals surface area contributed by atoms with Crippen molar-refractivity contribution in [2.75, 3.05) is 27.3 Å². The average molecular weight is 242 g/mol. The molecule has 0 aliphatic carbocycles. The Kier molecular flexibility index (Phi) is 5.28. The highest BCUT2D eigenvalue weighted by molar-refractivity contribution is 7.80. The van der Waals surface area contributed by atoms with Gasteiger partial charge >= 0.3 is 0 Å². The van der Waals surface area contributed by atoms with Gasteiger partial charge in [-0.3, -0.25) is 0 Å². The number of hydrogen-bond acceptors (Lipinski definition) is 3. The van der Waals surface area contributed by atoms with Gasteiger partial charge in [0.25, 0.3) is 0 Å². The molecule has 0 fully saturated rings. The minimum absolute atomic E-state index is 0.652. The summed E-state index contributed by atoms with van der Waals surface area (Å²) in [5, 5.41) is 3.84. The van der Waals surface area contributed by atoms with E-state index in [-0.39, 0.29) is 0 Å². The van der Waals surface area contributed by atoms with Crippen molar-refractivity contribution in [3.8, 4) is 0 Å². The van der Waals surface area contributed by atoms with Crippen LogP contribution in [0, 0.1) is 6.92 Å². The largest absolute Gasteiger partial charge is 0.469 e. The van der Waals surface area contributed by atoms with E-state index in [1.54, 1.807) is 13.4 Å². The van der Waals surface area contributed by atoms with Crippen LogP contribution in [0.4, 0.5) is 0 Å². The van der Waals surface area contributed by atoms with E-state index in [0.29, 0.717) is 6.61 Å². The molecule has 0 radical (unpaired) electrons. The van der Waals surface area contributed by atoms with Gasteiger partial charge < -0.3 is 19.4 Å². The molecule has 0 saturated carbocycles. The first-order chi connectivity index (χ1) is 7.65. The molecule has 5 heteroatoms. The summed E-state index contributed by atoms with van der Waals surface area (Å²) in [5.74, 6) is 0.937. The SMILES string of the molecule is COCCNC(=S)N(C)Cc1ccoc1C. The van der Waals surface area contributed by atoms with Crippen molar-refractivity contribution in [1.82, 2.24) is 10.2 Å². The fraction of sp³-hybridized carbons (Fsp3) is 0.545. The third-order valence-electron chi connectivity index (χ3n) is 2.30. The molecule has 1 aromatic rings. The van der Waals surface area contributed by atoms with Gasteiger partial charge in [0, 0.05) is 32.8 Å². The van der Waals surface area contributed by atoms with Crippen LogP contribution in [0.5, 0.6) is 0 Å². The Morgan fingerprint density at radius 2 is 2.38 bits per heavy atom. The third-order valence-corrected chi connectivity index (χ3v) is 2.76. The van der Waals surface area contributed by atoms with Crippen LogP contribution < -0.4 is 5.32 Å². The van der Waals surface area contributed by atoms with Crippen molar-refractivity contribution < 1.29 is 9.15 Å². The zero-order valence-electron chi connectivity index (χ0n) is 9.95. The lowest BCUT2D eigenvalue weighted by molar-refractivity contribution is 0.203. The van der Waals surface area contributed by atoms with Crippen LogP contribution in [0.15, 0.2) is 16.7 Å². The molecule has 1 N–H and O–H groups in total. The van der Waals surface area contributed by atoms with Crippen molar-refractivity contribution in [3.63, 3.8) is 0 Å². The van der Waals surface area contributed by atoms with Gasteiger partial charge in [0.15, 0.2) is 5.11 Å². The van der Waals surface area contributed by atoms with Gasteiger partial charge in [-0.15, -0.1) is 0 Å². The summed E-state index contributed by atoms with van der Waals surface area (Å²) >= 11 is 5.24. The molecule has 4 nitrogen and oxygen atoms in total. The van der Waals surface area contributed by atoms with E-state index in [1.807, 2.05) is 24.9 Å². The normalized spacial score (nSPS) is 10.2. The fourth-order valence-corrected chi connectivity index (χ4v) is 1.46. The second kappa shape index (κ2) is 6.50. The van der Waals surface area contributed by atoms with Crippen LogP contribution in [-0.2, 0) is 11.3 Å². The number of hydrogen-bond donors (Lipinski definition) is 1. The Balaban J connectivity index is 2.37. The Morgan fingerprint density at radius 3 is 2.94 bits per heavy atom. The number of nitrogens with zero attached hydrogens (tertiary/aromatic N) is 1. The minimum atomic E-state index is 0.652. The lowest BCUT2D eigenvalue weighted by atomic mass is 10.2. The van der Waals surface area contributed by atoms with Crippen LogP contribution in [0.25, 0.3) is 0 Å². The fourth-order valence-electron chi connectivity index (χ4n) is 1.30. The van der Waals surface area contributed by atoms with Crippen molar-refractivity contribution in [2.45, 2.75) is 13.5 Å². The van der Waals surface area contributed by atoms with E-state index in [1.165, 1.54) is 0 Å². The Hall–Kier alpha value is -1.07. The summed E-state index contributed by atoms with van der Waals surface area (Å²) < 4.78 is 10.2. The number of rotatable bonds is 5. The molecule has 0 aliphatic rings. The van der Waals surface area contributed by atoms with E-state index in [0.717, 1.165) is 29.5 Å². The first-order valence-corrected chi connectivity index (χ1v) is 5.57. The quantitative estimate of drug-likeness (QED) is 0.626. The summed E-state index contributed by atoms with van der Waals surface area (Å²) in [5.41, 5.74) is 1.15. The van der Waals surface area contributed by atoms with Crippen LogP contribution in [-0.4, -0.2) is 37.3 Å². The predicted molar refractivity (Wildman–Crippen MR) is 67.4 cm³/mol. The summed E-state index contributed by atoms with van der Waals surface area (Å²) in [6.45, 7) is 4.08. The Morgan fingerprint density at radius 1 is 1.62 bits per heavy atom. The lowest BCUT2D eigenvalue weighted by Crippen LogP contribution is -2.38. The summed E-state index contributed by atoms with van der Waals surface area (Å²) in [6, 6.07) is 1.96. The van der Waals surface area contributed by atoms with Gasteiger partial charge in [-0.1, -0.05) is 0 Å². The molecule has 16 heavy (non-hydrogen) atoms. The van der Waals surface area contributed by atoms with Gasteiger partial charge in [-0.2, -0.15) is 0 Å². The number of thiocarbonyl (C=S) groups is 1. The van der Waals surface area contributed by atoms with E-state index >= 15 is 0 Å². The van der Waals surface area contributed by atoms with Gasteiger partial charge in [0.05, 0.1) is 12.9 Å². The molecule has 0 unspecified atom stereocenters. The molecule has 1 aromatic heterocycles. The summed E-state index contributed by atoms with van der Waals surface area (Å²) in [7, 11) is 3.62.